The molecular weight excluding hydrogens is 334 g/mol. The standard InChI is InChI=1S/C24H49NO2/c1-2-3-4-5-6-7-8-9-10-11-12-13-14-15-16-17-18-19-20-21-24(27)23(25)22-26/h20-21,23-24,26-27H,2-19,22,25H2,1H3/b21-20+. The average Bonchev–Trinajstić information content (AvgIpc) is 2.68. The van der Waals surface area contributed by atoms with Crippen molar-refractivity contribution in [1.82, 2.24) is 0 Å². The maximum atomic E-state index is 9.59. The van der Waals surface area contributed by atoms with E-state index in [1.54, 1.807) is 6.08 Å². The summed E-state index contributed by atoms with van der Waals surface area (Å²) in [6, 6.07) is -0.559. The number of allylic oxidation sites excluding steroid dienone is 1. The number of unbranched alkanes of at least 4 members (excludes halogenated alkanes) is 17. The Balaban J connectivity index is 3.14. The molecule has 0 fully saturated rings. The van der Waals surface area contributed by atoms with Crippen LogP contribution in [-0.2, 0) is 0 Å². The van der Waals surface area contributed by atoms with Crippen molar-refractivity contribution >= 4 is 0 Å². The largest absolute Gasteiger partial charge is 0.395 e. The van der Waals surface area contributed by atoms with Crippen molar-refractivity contribution in [3.63, 3.8) is 0 Å². The van der Waals surface area contributed by atoms with E-state index in [9.17, 15) is 5.11 Å². The molecule has 4 N–H and O–H groups in total. The van der Waals surface area contributed by atoms with Gasteiger partial charge in [-0.15, -0.1) is 0 Å². The van der Waals surface area contributed by atoms with Crippen molar-refractivity contribution < 1.29 is 10.2 Å². The highest BCUT2D eigenvalue weighted by Crippen LogP contribution is 2.14. The Kier molecular flexibility index (Phi) is 21.6. The average molecular weight is 384 g/mol. The molecule has 0 spiro atoms. The summed E-state index contributed by atoms with van der Waals surface area (Å²) in [4.78, 5) is 0. The van der Waals surface area contributed by atoms with Gasteiger partial charge in [0.05, 0.1) is 18.8 Å². The van der Waals surface area contributed by atoms with E-state index in [0.29, 0.717) is 0 Å². The Morgan fingerprint density at radius 3 is 1.41 bits per heavy atom. The van der Waals surface area contributed by atoms with Crippen LogP contribution in [0.25, 0.3) is 0 Å². The fourth-order valence-electron chi connectivity index (χ4n) is 3.47. The minimum absolute atomic E-state index is 0.176. The molecule has 27 heavy (non-hydrogen) atoms. The molecule has 0 aliphatic rings. The van der Waals surface area contributed by atoms with Gasteiger partial charge in [0.25, 0.3) is 0 Å². The van der Waals surface area contributed by atoms with Crippen LogP contribution in [0.15, 0.2) is 12.2 Å². The molecule has 0 radical (unpaired) electrons. The fourth-order valence-corrected chi connectivity index (χ4v) is 3.47. The van der Waals surface area contributed by atoms with Gasteiger partial charge in [-0.1, -0.05) is 122 Å². The van der Waals surface area contributed by atoms with Crippen LogP contribution in [0.5, 0.6) is 0 Å². The summed E-state index contributed by atoms with van der Waals surface area (Å²) < 4.78 is 0. The molecule has 0 aromatic heterocycles. The third kappa shape index (κ3) is 20.2. The van der Waals surface area contributed by atoms with E-state index in [4.69, 9.17) is 10.8 Å². The van der Waals surface area contributed by atoms with Gasteiger partial charge in [-0.25, -0.2) is 0 Å². The molecule has 3 nitrogen and oxygen atoms in total. The van der Waals surface area contributed by atoms with E-state index in [1.807, 2.05) is 6.08 Å². The molecular formula is C24H49NO2. The molecule has 2 atom stereocenters. The van der Waals surface area contributed by atoms with Crippen molar-refractivity contribution in [3.05, 3.63) is 12.2 Å². The maximum absolute atomic E-state index is 9.59. The van der Waals surface area contributed by atoms with Gasteiger partial charge in [0.1, 0.15) is 0 Å². The van der Waals surface area contributed by atoms with Crippen LogP contribution in [0, 0.1) is 0 Å². The summed E-state index contributed by atoms with van der Waals surface area (Å²) >= 11 is 0. The van der Waals surface area contributed by atoms with E-state index in [1.165, 1.54) is 109 Å². The summed E-state index contributed by atoms with van der Waals surface area (Å²) in [5.41, 5.74) is 5.55. The van der Waals surface area contributed by atoms with E-state index < -0.39 is 12.1 Å². The Hall–Kier alpha value is -0.380. The van der Waals surface area contributed by atoms with Crippen molar-refractivity contribution in [2.45, 2.75) is 135 Å². The van der Waals surface area contributed by atoms with Crippen LogP contribution in [-0.4, -0.2) is 29.0 Å². The summed E-state index contributed by atoms with van der Waals surface area (Å²) in [5.74, 6) is 0. The lowest BCUT2D eigenvalue weighted by atomic mass is 10.0. The second-order valence-corrected chi connectivity index (χ2v) is 8.21. The van der Waals surface area contributed by atoms with E-state index in [2.05, 4.69) is 6.92 Å². The molecule has 2 unspecified atom stereocenters. The molecule has 0 heterocycles. The SMILES string of the molecule is CCCCCCCCCCCCCCCCCCC/C=C/C(O)C(N)CO. The monoisotopic (exact) mass is 383 g/mol. The van der Waals surface area contributed by atoms with Gasteiger partial charge in [-0.2, -0.15) is 0 Å². The van der Waals surface area contributed by atoms with Gasteiger partial charge >= 0.3 is 0 Å². The van der Waals surface area contributed by atoms with E-state index >= 15 is 0 Å². The van der Waals surface area contributed by atoms with E-state index in [0.717, 1.165) is 6.42 Å². The summed E-state index contributed by atoms with van der Waals surface area (Å²) in [6.07, 6.45) is 27.6. The van der Waals surface area contributed by atoms with Crippen LogP contribution in [0.1, 0.15) is 122 Å². The minimum atomic E-state index is -0.721. The predicted octanol–water partition coefficient (Wildman–Crippen LogP) is 6.26. The zero-order chi connectivity index (χ0) is 20.0. The first kappa shape index (κ1) is 26.6. The van der Waals surface area contributed by atoms with Gasteiger partial charge in [0.15, 0.2) is 0 Å². The lowest BCUT2D eigenvalue weighted by molar-refractivity contribution is 0.144. The second-order valence-electron chi connectivity index (χ2n) is 8.21. The smallest absolute Gasteiger partial charge is 0.0894 e. The Labute approximate surface area is 169 Å². The number of aliphatic hydroxyl groups excluding tert-OH is 2. The lowest BCUT2D eigenvalue weighted by Crippen LogP contribution is -2.36. The van der Waals surface area contributed by atoms with Crippen molar-refractivity contribution in [2.75, 3.05) is 6.61 Å². The third-order valence-electron chi connectivity index (χ3n) is 5.46. The van der Waals surface area contributed by atoms with Crippen LogP contribution >= 0.6 is 0 Å². The molecule has 0 bridgehead atoms. The van der Waals surface area contributed by atoms with Crippen LogP contribution < -0.4 is 5.73 Å². The molecule has 0 aromatic carbocycles. The lowest BCUT2D eigenvalue weighted by Gasteiger charge is -2.11. The zero-order valence-electron chi connectivity index (χ0n) is 18.2. The van der Waals surface area contributed by atoms with E-state index in [-0.39, 0.29) is 6.61 Å². The van der Waals surface area contributed by atoms with Crippen molar-refractivity contribution in [1.29, 1.82) is 0 Å². The fraction of sp³-hybridized carbons (Fsp3) is 0.917. The molecule has 0 rings (SSSR count). The van der Waals surface area contributed by atoms with Crippen LogP contribution in [0.3, 0.4) is 0 Å². The maximum Gasteiger partial charge on any atom is 0.0894 e. The molecule has 0 saturated heterocycles. The number of hydrogen-bond donors (Lipinski definition) is 3. The van der Waals surface area contributed by atoms with Gasteiger partial charge in [0, 0.05) is 0 Å². The Morgan fingerprint density at radius 1 is 0.667 bits per heavy atom. The highest BCUT2D eigenvalue weighted by atomic mass is 16.3. The van der Waals surface area contributed by atoms with Gasteiger partial charge in [-0.05, 0) is 12.8 Å². The first-order chi connectivity index (χ1) is 13.2. The highest BCUT2D eigenvalue weighted by molar-refractivity contribution is 4.93. The molecule has 0 saturated carbocycles. The second kappa shape index (κ2) is 21.9. The number of hydrogen-bond acceptors (Lipinski definition) is 3. The molecule has 3 heteroatoms. The first-order valence-electron chi connectivity index (χ1n) is 11.9. The summed E-state index contributed by atoms with van der Waals surface area (Å²) in [7, 11) is 0. The van der Waals surface area contributed by atoms with Crippen molar-refractivity contribution in [3.8, 4) is 0 Å². The van der Waals surface area contributed by atoms with Crippen LogP contribution in [0.4, 0.5) is 0 Å². The number of aliphatic hydroxyl groups is 2. The highest BCUT2D eigenvalue weighted by Gasteiger charge is 2.08. The molecule has 0 aromatic rings. The van der Waals surface area contributed by atoms with Gasteiger partial charge < -0.3 is 15.9 Å². The minimum Gasteiger partial charge on any atom is -0.395 e. The predicted molar refractivity (Wildman–Crippen MR) is 119 cm³/mol. The Bertz CT molecular complexity index is 307. The summed E-state index contributed by atoms with van der Waals surface area (Å²) in [6.45, 7) is 2.11. The molecule has 0 aliphatic carbocycles. The molecule has 0 aliphatic heterocycles. The zero-order valence-corrected chi connectivity index (χ0v) is 18.2. The van der Waals surface area contributed by atoms with Crippen LogP contribution in [0.2, 0.25) is 0 Å². The quantitative estimate of drug-likeness (QED) is 0.162. The number of nitrogens with two attached hydrogens (primary N) is 1. The van der Waals surface area contributed by atoms with Gasteiger partial charge in [-0.3, -0.25) is 0 Å². The first-order valence-corrected chi connectivity index (χ1v) is 11.9. The normalized spacial score (nSPS) is 14.1. The summed E-state index contributed by atoms with van der Waals surface area (Å²) in [5, 5.41) is 18.4. The Morgan fingerprint density at radius 2 is 1.04 bits per heavy atom. The third-order valence-corrected chi connectivity index (χ3v) is 5.46. The molecule has 162 valence electrons. The topological polar surface area (TPSA) is 66.5 Å². The number of rotatable bonds is 21. The van der Waals surface area contributed by atoms with Crippen molar-refractivity contribution in [2.24, 2.45) is 5.73 Å². The molecule has 0 amide bonds. The van der Waals surface area contributed by atoms with Gasteiger partial charge in [0.2, 0.25) is 0 Å².